The number of halogens is 2. The summed E-state index contributed by atoms with van der Waals surface area (Å²) in [6, 6.07) is 5.04. The zero-order chi connectivity index (χ0) is 17.8. The van der Waals surface area contributed by atoms with Crippen LogP contribution in [0.2, 0.25) is 10.0 Å². The van der Waals surface area contributed by atoms with E-state index in [2.05, 4.69) is 0 Å². The highest BCUT2D eigenvalue weighted by Crippen LogP contribution is 2.62. The van der Waals surface area contributed by atoms with Gasteiger partial charge in [-0.3, -0.25) is 9.59 Å². The summed E-state index contributed by atoms with van der Waals surface area (Å²) >= 11 is 11.9. The van der Waals surface area contributed by atoms with Crippen molar-refractivity contribution in [2.75, 3.05) is 0 Å². The van der Waals surface area contributed by atoms with Crippen molar-refractivity contribution < 1.29 is 24.5 Å². The molecule has 0 radical (unpaired) electrons. The van der Waals surface area contributed by atoms with E-state index < -0.39 is 41.5 Å². The normalized spacial score (nSPS) is 35.3. The molecule has 1 aromatic carbocycles. The van der Waals surface area contributed by atoms with E-state index in [1.165, 1.54) is 0 Å². The Bertz CT molecular complexity index is 712. The predicted molar refractivity (Wildman–Crippen MR) is 87.0 cm³/mol. The van der Waals surface area contributed by atoms with Crippen molar-refractivity contribution in [2.24, 2.45) is 23.5 Å². The molecular formula is C16H17Cl2NO5. The number of carboxylic acids is 2. The molecule has 6 nitrogen and oxygen atoms in total. The first-order valence-corrected chi connectivity index (χ1v) is 8.29. The van der Waals surface area contributed by atoms with Crippen molar-refractivity contribution in [3.63, 3.8) is 0 Å². The van der Waals surface area contributed by atoms with E-state index in [-0.39, 0.29) is 5.92 Å². The van der Waals surface area contributed by atoms with Crippen LogP contribution in [0, 0.1) is 17.8 Å². The topological polar surface area (TPSA) is 110 Å². The van der Waals surface area contributed by atoms with Gasteiger partial charge in [-0.1, -0.05) is 29.3 Å². The highest BCUT2D eigenvalue weighted by molar-refractivity contribution is 6.42. The highest BCUT2D eigenvalue weighted by atomic mass is 35.5. The van der Waals surface area contributed by atoms with E-state index in [1.807, 2.05) is 0 Å². The Hall–Kier alpha value is -1.34. The monoisotopic (exact) mass is 373 g/mol. The second-order valence-electron chi connectivity index (χ2n) is 6.47. The van der Waals surface area contributed by atoms with Crippen molar-refractivity contribution in [3.8, 4) is 0 Å². The number of aliphatic carboxylic acids is 2. The molecule has 6 atom stereocenters. The quantitative estimate of drug-likeness (QED) is 0.731. The number of rotatable bonds is 5. The summed E-state index contributed by atoms with van der Waals surface area (Å²) in [6.45, 7) is 1.76. The Kier molecular flexibility index (Phi) is 4.28. The number of fused-ring (bicyclic) bond motifs is 1. The van der Waals surface area contributed by atoms with Crippen molar-refractivity contribution in [1.29, 1.82) is 0 Å². The maximum atomic E-state index is 11.7. The summed E-state index contributed by atoms with van der Waals surface area (Å²) in [5.74, 6) is -3.79. The molecule has 0 bridgehead atoms. The summed E-state index contributed by atoms with van der Waals surface area (Å²) < 4.78 is 5.90. The molecule has 8 heteroatoms. The summed E-state index contributed by atoms with van der Waals surface area (Å²) in [4.78, 5) is 22.9. The Balaban J connectivity index is 1.79. The molecule has 0 aliphatic heterocycles. The Morgan fingerprint density at radius 1 is 1.33 bits per heavy atom. The fourth-order valence-electron chi connectivity index (χ4n) is 3.85. The van der Waals surface area contributed by atoms with Crippen LogP contribution in [0.25, 0.3) is 0 Å². The minimum atomic E-state index is -1.70. The molecule has 4 N–H and O–H groups in total. The molecule has 0 spiro atoms. The average molecular weight is 374 g/mol. The summed E-state index contributed by atoms with van der Waals surface area (Å²) in [6.07, 6.45) is -0.895. The van der Waals surface area contributed by atoms with E-state index >= 15 is 0 Å². The zero-order valence-corrected chi connectivity index (χ0v) is 14.3. The smallest absolute Gasteiger partial charge is 0.326 e. The zero-order valence-electron chi connectivity index (χ0n) is 12.8. The first-order chi connectivity index (χ1) is 11.2. The molecule has 0 unspecified atom stereocenters. The van der Waals surface area contributed by atoms with Gasteiger partial charge >= 0.3 is 11.9 Å². The SMILES string of the molecule is C[C@H](O[C@@H]1C[C@H]2[C@H](C(=O)O)[C@H]2[C@]1(N)C(=O)O)c1ccc(Cl)c(Cl)c1. The lowest BCUT2D eigenvalue weighted by Crippen LogP contribution is -2.58. The van der Waals surface area contributed by atoms with Gasteiger partial charge in [0.15, 0.2) is 0 Å². The fraction of sp³-hybridized carbons (Fsp3) is 0.500. The van der Waals surface area contributed by atoms with Gasteiger partial charge in [0, 0.05) is 5.92 Å². The van der Waals surface area contributed by atoms with E-state index in [0.29, 0.717) is 16.5 Å². The van der Waals surface area contributed by atoms with E-state index in [0.717, 1.165) is 5.56 Å². The molecule has 0 saturated heterocycles. The van der Waals surface area contributed by atoms with Crippen LogP contribution in [-0.2, 0) is 14.3 Å². The number of hydrogen-bond donors (Lipinski definition) is 3. The Morgan fingerprint density at radius 2 is 2.00 bits per heavy atom. The van der Waals surface area contributed by atoms with Crippen LogP contribution in [0.4, 0.5) is 0 Å². The first-order valence-electron chi connectivity index (χ1n) is 7.53. The summed E-state index contributed by atoms with van der Waals surface area (Å²) in [7, 11) is 0. The van der Waals surface area contributed by atoms with Crippen LogP contribution in [0.1, 0.15) is 25.0 Å². The molecule has 2 fully saturated rings. The van der Waals surface area contributed by atoms with Crippen LogP contribution >= 0.6 is 23.2 Å². The minimum absolute atomic E-state index is 0.255. The van der Waals surface area contributed by atoms with Gasteiger partial charge in [-0.05, 0) is 37.0 Å². The lowest BCUT2D eigenvalue weighted by molar-refractivity contribution is -0.154. The minimum Gasteiger partial charge on any atom is -0.481 e. The number of hydrogen-bond acceptors (Lipinski definition) is 4. The molecule has 130 valence electrons. The number of nitrogens with two attached hydrogens (primary N) is 1. The van der Waals surface area contributed by atoms with Crippen molar-refractivity contribution in [2.45, 2.75) is 31.1 Å². The molecule has 0 amide bonds. The van der Waals surface area contributed by atoms with Crippen LogP contribution in [0.3, 0.4) is 0 Å². The van der Waals surface area contributed by atoms with Gasteiger partial charge in [-0.15, -0.1) is 0 Å². The molecule has 1 aromatic rings. The second-order valence-corrected chi connectivity index (χ2v) is 7.28. The van der Waals surface area contributed by atoms with Gasteiger partial charge in [0.1, 0.15) is 5.54 Å². The first kappa shape index (κ1) is 17.5. The summed E-state index contributed by atoms with van der Waals surface area (Å²) in [5.41, 5.74) is 5.15. The number of carboxylic acid groups (broad SMARTS) is 2. The van der Waals surface area contributed by atoms with Crippen molar-refractivity contribution in [1.82, 2.24) is 0 Å². The standard InChI is InChI=1S/C16H17Cl2NO5/c1-6(7-2-3-9(17)10(18)4-7)24-11-5-8-12(14(20)21)13(8)16(11,19)15(22)23/h2-4,6,8,11-13H,5,19H2,1H3,(H,20,21)(H,22,23)/t6-,8-,11+,12-,13-,16-/m0/s1. The summed E-state index contributed by atoms with van der Waals surface area (Å²) in [5, 5.41) is 19.5. The highest BCUT2D eigenvalue weighted by Gasteiger charge is 2.74. The van der Waals surface area contributed by atoms with Crippen molar-refractivity contribution in [3.05, 3.63) is 33.8 Å². The molecule has 2 aliphatic carbocycles. The van der Waals surface area contributed by atoms with Gasteiger partial charge in [0.05, 0.1) is 28.2 Å². The maximum Gasteiger partial charge on any atom is 0.326 e. The molecule has 3 rings (SSSR count). The number of benzene rings is 1. The molecule has 0 aromatic heterocycles. The van der Waals surface area contributed by atoms with Crippen LogP contribution in [0.5, 0.6) is 0 Å². The Morgan fingerprint density at radius 3 is 2.54 bits per heavy atom. The van der Waals surface area contributed by atoms with E-state index in [4.69, 9.17) is 38.8 Å². The number of carbonyl (C=O) groups is 2. The van der Waals surface area contributed by atoms with Crippen molar-refractivity contribution >= 4 is 35.1 Å². The second kappa shape index (κ2) is 5.88. The largest absolute Gasteiger partial charge is 0.481 e. The molecule has 2 aliphatic rings. The van der Waals surface area contributed by atoms with E-state index in [9.17, 15) is 14.7 Å². The molecule has 0 heterocycles. The van der Waals surface area contributed by atoms with Crippen LogP contribution < -0.4 is 5.73 Å². The molecule has 24 heavy (non-hydrogen) atoms. The maximum absolute atomic E-state index is 11.7. The van der Waals surface area contributed by atoms with Gasteiger partial charge in [0.25, 0.3) is 0 Å². The predicted octanol–water partition coefficient (Wildman–Crippen LogP) is 2.57. The molecule has 2 saturated carbocycles. The van der Waals surface area contributed by atoms with Crippen LogP contribution in [-0.4, -0.2) is 33.8 Å². The van der Waals surface area contributed by atoms with Gasteiger partial charge in [-0.25, -0.2) is 0 Å². The Labute approximate surface area is 148 Å². The average Bonchev–Trinajstić information content (AvgIpc) is 3.15. The number of ether oxygens (including phenoxy) is 1. The third-order valence-corrected chi connectivity index (χ3v) is 5.92. The van der Waals surface area contributed by atoms with E-state index in [1.54, 1.807) is 25.1 Å². The lowest BCUT2D eigenvalue weighted by Gasteiger charge is -2.32. The molecular weight excluding hydrogens is 357 g/mol. The lowest BCUT2D eigenvalue weighted by atomic mass is 9.88. The fourth-order valence-corrected chi connectivity index (χ4v) is 4.16. The van der Waals surface area contributed by atoms with Gasteiger partial charge in [0.2, 0.25) is 0 Å². The third kappa shape index (κ3) is 2.58. The van der Waals surface area contributed by atoms with Gasteiger partial charge < -0.3 is 20.7 Å². The van der Waals surface area contributed by atoms with Gasteiger partial charge in [-0.2, -0.15) is 0 Å². The van der Waals surface area contributed by atoms with Crippen LogP contribution in [0.15, 0.2) is 18.2 Å². The third-order valence-electron chi connectivity index (χ3n) is 5.18.